The Hall–Kier alpha value is -0.380. The van der Waals surface area contributed by atoms with Crippen LogP contribution in [-0.2, 0) is 5.41 Å². The molecule has 1 aromatic rings. The van der Waals surface area contributed by atoms with Gasteiger partial charge in [-0.2, -0.15) is 0 Å². The number of hydrogen-bond donors (Lipinski definition) is 2. The highest BCUT2D eigenvalue weighted by Crippen LogP contribution is 2.27. The van der Waals surface area contributed by atoms with Crippen molar-refractivity contribution in [1.82, 2.24) is 5.32 Å². The van der Waals surface area contributed by atoms with Gasteiger partial charge in [0.15, 0.2) is 0 Å². The lowest BCUT2D eigenvalue weighted by Crippen LogP contribution is -2.46. The van der Waals surface area contributed by atoms with Gasteiger partial charge >= 0.3 is 0 Å². The predicted molar refractivity (Wildman–Crippen MR) is 73.6 cm³/mol. The highest BCUT2D eigenvalue weighted by Gasteiger charge is 2.27. The van der Waals surface area contributed by atoms with Crippen LogP contribution in [0.2, 0.25) is 0 Å². The number of nitrogens with one attached hydrogen (secondary N) is 1. The first-order valence-corrected chi connectivity index (χ1v) is 7.43. The Balaban J connectivity index is 1.88. The van der Waals surface area contributed by atoms with Gasteiger partial charge < -0.3 is 10.4 Å². The number of aliphatic hydroxyl groups excluding tert-OH is 1. The van der Waals surface area contributed by atoms with Crippen LogP contribution in [-0.4, -0.2) is 23.8 Å². The van der Waals surface area contributed by atoms with E-state index in [4.69, 9.17) is 0 Å². The van der Waals surface area contributed by atoms with E-state index in [1.807, 2.05) is 11.3 Å². The lowest BCUT2D eigenvalue weighted by Gasteiger charge is -2.32. The first-order chi connectivity index (χ1) is 8.09. The molecule has 1 saturated carbocycles. The standard InChI is InChI=1S/C14H23NOS/c1-14(2,13-8-5-9-17-13)10-15-11-6-3-4-7-12(11)16/h5,8-9,11-12,15-16H,3-4,6-7,10H2,1-2H3. The average molecular weight is 253 g/mol. The predicted octanol–water partition coefficient (Wildman–Crippen LogP) is 2.92. The van der Waals surface area contributed by atoms with Crippen molar-refractivity contribution in [2.24, 2.45) is 0 Å². The van der Waals surface area contributed by atoms with Crippen LogP contribution in [0.15, 0.2) is 17.5 Å². The second-order valence-corrected chi connectivity index (χ2v) is 6.65. The molecule has 0 aromatic carbocycles. The maximum absolute atomic E-state index is 9.94. The summed E-state index contributed by atoms with van der Waals surface area (Å²) in [6.07, 6.45) is 4.34. The van der Waals surface area contributed by atoms with Gasteiger partial charge in [0, 0.05) is 22.9 Å². The number of rotatable bonds is 4. The summed E-state index contributed by atoms with van der Waals surface area (Å²) in [5, 5.41) is 15.6. The second-order valence-electron chi connectivity index (χ2n) is 5.70. The van der Waals surface area contributed by atoms with Gasteiger partial charge in [0.1, 0.15) is 0 Å². The van der Waals surface area contributed by atoms with Gasteiger partial charge in [0.2, 0.25) is 0 Å². The molecule has 2 unspecified atom stereocenters. The van der Waals surface area contributed by atoms with Gasteiger partial charge in [0.25, 0.3) is 0 Å². The van der Waals surface area contributed by atoms with Crippen LogP contribution in [0.3, 0.4) is 0 Å². The SMILES string of the molecule is CC(C)(CNC1CCCCC1O)c1cccs1. The van der Waals surface area contributed by atoms with Crippen molar-refractivity contribution in [3.63, 3.8) is 0 Å². The van der Waals surface area contributed by atoms with E-state index in [1.165, 1.54) is 17.7 Å². The minimum atomic E-state index is -0.150. The van der Waals surface area contributed by atoms with Crippen molar-refractivity contribution in [3.05, 3.63) is 22.4 Å². The van der Waals surface area contributed by atoms with Crippen LogP contribution in [0.4, 0.5) is 0 Å². The van der Waals surface area contributed by atoms with E-state index in [-0.39, 0.29) is 11.5 Å². The Morgan fingerprint density at radius 1 is 1.41 bits per heavy atom. The molecule has 1 heterocycles. The Kier molecular flexibility index (Phi) is 4.23. The van der Waals surface area contributed by atoms with E-state index in [2.05, 4.69) is 36.7 Å². The van der Waals surface area contributed by atoms with Crippen LogP contribution in [0, 0.1) is 0 Å². The molecule has 2 atom stereocenters. The van der Waals surface area contributed by atoms with Crippen LogP contribution in [0.1, 0.15) is 44.4 Å². The van der Waals surface area contributed by atoms with E-state index in [0.717, 1.165) is 19.4 Å². The monoisotopic (exact) mass is 253 g/mol. The summed E-state index contributed by atoms with van der Waals surface area (Å²) in [5.41, 5.74) is 0.158. The topological polar surface area (TPSA) is 32.3 Å². The summed E-state index contributed by atoms with van der Waals surface area (Å²) in [7, 11) is 0. The van der Waals surface area contributed by atoms with Crippen LogP contribution < -0.4 is 5.32 Å². The Morgan fingerprint density at radius 2 is 2.18 bits per heavy atom. The average Bonchev–Trinajstić information content (AvgIpc) is 2.82. The quantitative estimate of drug-likeness (QED) is 0.865. The molecule has 1 aliphatic carbocycles. The molecular formula is C14H23NOS. The third-order valence-electron chi connectivity index (χ3n) is 3.72. The summed E-state index contributed by atoms with van der Waals surface area (Å²) >= 11 is 1.81. The van der Waals surface area contributed by atoms with Gasteiger partial charge in [-0.15, -0.1) is 11.3 Å². The van der Waals surface area contributed by atoms with Gasteiger partial charge in [-0.25, -0.2) is 0 Å². The van der Waals surface area contributed by atoms with E-state index in [9.17, 15) is 5.11 Å². The summed E-state index contributed by atoms with van der Waals surface area (Å²) in [6.45, 7) is 5.47. The number of hydrogen-bond acceptors (Lipinski definition) is 3. The van der Waals surface area contributed by atoms with Crippen molar-refractivity contribution < 1.29 is 5.11 Å². The van der Waals surface area contributed by atoms with Crippen LogP contribution in [0.25, 0.3) is 0 Å². The van der Waals surface area contributed by atoms with Gasteiger partial charge in [-0.05, 0) is 24.3 Å². The Labute approximate surface area is 108 Å². The van der Waals surface area contributed by atoms with Crippen molar-refractivity contribution in [3.8, 4) is 0 Å². The summed E-state index contributed by atoms with van der Waals surface area (Å²) in [5.74, 6) is 0. The van der Waals surface area contributed by atoms with Crippen LogP contribution in [0.5, 0.6) is 0 Å². The first kappa shape index (κ1) is 13.1. The van der Waals surface area contributed by atoms with Gasteiger partial charge in [-0.1, -0.05) is 32.8 Å². The van der Waals surface area contributed by atoms with Crippen molar-refractivity contribution in [2.75, 3.05) is 6.54 Å². The highest BCUT2D eigenvalue weighted by molar-refractivity contribution is 7.10. The molecule has 0 aliphatic heterocycles. The number of thiophene rings is 1. The zero-order chi connectivity index (χ0) is 12.3. The van der Waals surface area contributed by atoms with Crippen LogP contribution >= 0.6 is 11.3 Å². The smallest absolute Gasteiger partial charge is 0.0693 e. The fraction of sp³-hybridized carbons (Fsp3) is 0.714. The molecule has 2 rings (SSSR count). The van der Waals surface area contributed by atoms with Gasteiger partial charge in [-0.3, -0.25) is 0 Å². The fourth-order valence-electron chi connectivity index (χ4n) is 2.49. The zero-order valence-corrected chi connectivity index (χ0v) is 11.6. The molecule has 0 saturated heterocycles. The minimum Gasteiger partial charge on any atom is -0.392 e. The molecule has 3 heteroatoms. The molecule has 2 N–H and O–H groups in total. The lowest BCUT2D eigenvalue weighted by molar-refractivity contribution is 0.0886. The molecule has 0 spiro atoms. The summed E-state index contributed by atoms with van der Waals surface area (Å²) < 4.78 is 0. The molecule has 0 radical (unpaired) electrons. The van der Waals surface area contributed by atoms with E-state index < -0.39 is 0 Å². The second kappa shape index (κ2) is 5.51. The molecule has 96 valence electrons. The summed E-state index contributed by atoms with van der Waals surface area (Å²) in [4.78, 5) is 1.41. The van der Waals surface area contributed by atoms with Crippen molar-refractivity contribution in [2.45, 2.75) is 57.1 Å². The maximum atomic E-state index is 9.94. The maximum Gasteiger partial charge on any atom is 0.0693 e. The lowest BCUT2D eigenvalue weighted by atomic mass is 9.88. The van der Waals surface area contributed by atoms with Crippen molar-refractivity contribution >= 4 is 11.3 Å². The molecule has 1 fully saturated rings. The Bertz CT molecular complexity index is 334. The molecular weight excluding hydrogens is 230 g/mol. The molecule has 1 aliphatic rings. The zero-order valence-electron chi connectivity index (χ0n) is 10.8. The fourth-order valence-corrected chi connectivity index (χ4v) is 3.34. The largest absolute Gasteiger partial charge is 0.392 e. The molecule has 2 nitrogen and oxygen atoms in total. The molecule has 0 bridgehead atoms. The Morgan fingerprint density at radius 3 is 2.82 bits per heavy atom. The van der Waals surface area contributed by atoms with E-state index in [0.29, 0.717) is 6.04 Å². The molecule has 17 heavy (non-hydrogen) atoms. The third kappa shape index (κ3) is 3.30. The first-order valence-electron chi connectivity index (χ1n) is 6.55. The van der Waals surface area contributed by atoms with Gasteiger partial charge in [0.05, 0.1) is 6.10 Å². The third-order valence-corrected chi connectivity index (χ3v) is 4.96. The highest BCUT2D eigenvalue weighted by atomic mass is 32.1. The minimum absolute atomic E-state index is 0.150. The normalized spacial score (nSPS) is 26.1. The molecule has 1 aromatic heterocycles. The van der Waals surface area contributed by atoms with E-state index in [1.54, 1.807) is 0 Å². The van der Waals surface area contributed by atoms with E-state index >= 15 is 0 Å². The summed E-state index contributed by atoms with van der Waals surface area (Å²) in [6, 6.07) is 4.60. The molecule has 0 amide bonds. The number of aliphatic hydroxyl groups is 1. The van der Waals surface area contributed by atoms with Crippen molar-refractivity contribution in [1.29, 1.82) is 0 Å².